The van der Waals surface area contributed by atoms with Gasteiger partial charge in [0.15, 0.2) is 0 Å². The third kappa shape index (κ3) is 2.07. The maximum Gasteiger partial charge on any atom is 0.324 e. The number of imide groups is 1. The van der Waals surface area contributed by atoms with Crippen LogP contribution in [0.2, 0.25) is 5.15 Å². The fourth-order valence-electron chi connectivity index (χ4n) is 1.32. The molecule has 0 aliphatic carbocycles. The van der Waals surface area contributed by atoms with Crippen molar-refractivity contribution in [2.24, 2.45) is 0 Å². The first-order valence-corrected chi connectivity index (χ1v) is 4.74. The van der Waals surface area contributed by atoms with Crippen molar-refractivity contribution in [3.63, 3.8) is 0 Å². The molecule has 1 aromatic heterocycles. The number of pyridine rings is 1. The molecule has 15 heavy (non-hydrogen) atoms. The van der Waals surface area contributed by atoms with Crippen LogP contribution in [0, 0.1) is 0 Å². The van der Waals surface area contributed by atoms with E-state index in [1.165, 1.54) is 0 Å². The largest absolute Gasteiger partial charge is 0.329 e. The second kappa shape index (κ2) is 3.86. The van der Waals surface area contributed by atoms with E-state index >= 15 is 0 Å². The molecule has 5 nitrogen and oxygen atoms in total. The topological polar surface area (TPSA) is 62.3 Å². The first-order chi connectivity index (χ1) is 7.16. The Balaban J connectivity index is 2.15. The highest BCUT2D eigenvalue weighted by Crippen LogP contribution is 2.09. The summed E-state index contributed by atoms with van der Waals surface area (Å²) in [5, 5.41) is 2.78. The summed E-state index contributed by atoms with van der Waals surface area (Å²) in [4.78, 5) is 27.6. The van der Waals surface area contributed by atoms with Crippen LogP contribution in [-0.2, 0) is 11.3 Å². The maximum absolute atomic E-state index is 11.3. The zero-order chi connectivity index (χ0) is 10.8. The van der Waals surface area contributed by atoms with E-state index in [1.807, 2.05) is 0 Å². The molecule has 3 amide bonds. The zero-order valence-electron chi connectivity index (χ0n) is 7.74. The molecule has 0 bridgehead atoms. The van der Waals surface area contributed by atoms with E-state index in [2.05, 4.69) is 10.3 Å². The average Bonchev–Trinajstić information content (AvgIpc) is 2.50. The number of hydrogen-bond acceptors (Lipinski definition) is 3. The van der Waals surface area contributed by atoms with Gasteiger partial charge >= 0.3 is 6.03 Å². The van der Waals surface area contributed by atoms with Gasteiger partial charge in [0.05, 0.1) is 18.8 Å². The summed E-state index contributed by atoms with van der Waals surface area (Å²) >= 11 is 5.69. The number of urea groups is 1. The Hall–Kier alpha value is -1.62. The number of aromatic nitrogens is 1. The normalized spacial score (nSPS) is 15.7. The lowest BCUT2D eigenvalue weighted by atomic mass is 10.3. The van der Waals surface area contributed by atoms with Crippen LogP contribution in [0.25, 0.3) is 0 Å². The van der Waals surface area contributed by atoms with E-state index in [0.29, 0.717) is 10.8 Å². The summed E-state index contributed by atoms with van der Waals surface area (Å²) in [6, 6.07) is 4.69. The fourth-order valence-corrected chi connectivity index (χ4v) is 1.50. The Morgan fingerprint density at radius 2 is 2.27 bits per heavy atom. The molecule has 1 N–H and O–H groups in total. The van der Waals surface area contributed by atoms with Crippen LogP contribution in [0.3, 0.4) is 0 Å². The average molecular weight is 226 g/mol. The van der Waals surface area contributed by atoms with E-state index in [1.54, 1.807) is 18.2 Å². The van der Waals surface area contributed by atoms with E-state index in [4.69, 9.17) is 11.6 Å². The van der Waals surface area contributed by atoms with E-state index < -0.39 is 0 Å². The molecule has 1 saturated heterocycles. The van der Waals surface area contributed by atoms with Gasteiger partial charge in [-0.05, 0) is 12.1 Å². The Morgan fingerprint density at radius 1 is 1.47 bits per heavy atom. The van der Waals surface area contributed by atoms with E-state index in [-0.39, 0.29) is 25.0 Å². The number of amides is 3. The van der Waals surface area contributed by atoms with Crippen molar-refractivity contribution < 1.29 is 9.59 Å². The maximum atomic E-state index is 11.3. The molecule has 1 aromatic rings. The van der Waals surface area contributed by atoms with Crippen LogP contribution in [0.4, 0.5) is 4.79 Å². The molecule has 78 valence electrons. The molecule has 1 aliphatic rings. The predicted octanol–water partition coefficient (Wildman–Crippen LogP) is 0.787. The Kier molecular flexibility index (Phi) is 2.55. The van der Waals surface area contributed by atoms with Crippen LogP contribution >= 0.6 is 11.6 Å². The third-order valence-corrected chi connectivity index (χ3v) is 2.24. The van der Waals surface area contributed by atoms with Gasteiger partial charge in [0.2, 0.25) is 5.91 Å². The van der Waals surface area contributed by atoms with Crippen LogP contribution in [0.5, 0.6) is 0 Å². The standard InChI is InChI=1S/C9H8ClN3O2/c10-7-3-1-2-6(12-7)5-13-8(14)4-11-9(13)15/h1-3H,4-5H2,(H,11,15). The molecule has 1 aliphatic heterocycles. The lowest BCUT2D eigenvalue weighted by molar-refractivity contribution is -0.125. The lowest BCUT2D eigenvalue weighted by Crippen LogP contribution is -2.30. The fraction of sp³-hybridized carbons (Fsp3) is 0.222. The van der Waals surface area contributed by atoms with Crippen LogP contribution in [0.15, 0.2) is 18.2 Å². The number of rotatable bonds is 2. The molecule has 2 heterocycles. The van der Waals surface area contributed by atoms with E-state index in [0.717, 1.165) is 4.90 Å². The highest BCUT2D eigenvalue weighted by Gasteiger charge is 2.28. The van der Waals surface area contributed by atoms with Gasteiger partial charge in [0, 0.05) is 0 Å². The Morgan fingerprint density at radius 3 is 2.87 bits per heavy atom. The molecule has 0 radical (unpaired) electrons. The smallest absolute Gasteiger partial charge is 0.324 e. The van der Waals surface area contributed by atoms with Crippen molar-refractivity contribution in [3.8, 4) is 0 Å². The van der Waals surface area contributed by atoms with Crippen LogP contribution in [0.1, 0.15) is 5.69 Å². The minimum atomic E-state index is -0.387. The summed E-state index contributed by atoms with van der Waals surface area (Å²) in [5.74, 6) is -0.248. The molecule has 0 saturated carbocycles. The molecule has 2 rings (SSSR count). The summed E-state index contributed by atoms with van der Waals surface area (Å²) in [6.45, 7) is 0.213. The quantitative estimate of drug-likeness (QED) is 0.598. The molecule has 0 atom stereocenters. The van der Waals surface area contributed by atoms with Gasteiger partial charge < -0.3 is 5.32 Å². The van der Waals surface area contributed by atoms with Crippen molar-refractivity contribution >= 4 is 23.5 Å². The SMILES string of the molecule is O=C1CNC(=O)N1Cc1cccc(Cl)n1. The van der Waals surface area contributed by atoms with Crippen molar-refractivity contribution in [3.05, 3.63) is 29.0 Å². The minimum Gasteiger partial charge on any atom is -0.329 e. The third-order valence-electron chi connectivity index (χ3n) is 2.03. The second-order valence-corrected chi connectivity index (χ2v) is 3.48. The molecule has 0 spiro atoms. The van der Waals surface area contributed by atoms with Gasteiger partial charge in [-0.25, -0.2) is 9.78 Å². The number of nitrogens with one attached hydrogen (secondary N) is 1. The van der Waals surface area contributed by atoms with Crippen molar-refractivity contribution in [2.45, 2.75) is 6.54 Å². The van der Waals surface area contributed by atoms with Crippen molar-refractivity contribution in [1.29, 1.82) is 0 Å². The highest BCUT2D eigenvalue weighted by atomic mass is 35.5. The van der Waals surface area contributed by atoms with Crippen LogP contribution in [-0.4, -0.2) is 28.4 Å². The summed E-state index contributed by atoms with van der Waals surface area (Å²) in [7, 11) is 0. The van der Waals surface area contributed by atoms with Gasteiger partial charge in [0.1, 0.15) is 5.15 Å². The van der Waals surface area contributed by atoms with Crippen LogP contribution < -0.4 is 5.32 Å². The zero-order valence-corrected chi connectivity index (χ0v) is 8.49. The van der Waals surface area contributed by atoms with Gasteiger partial charge in [-0.3, -0.25) is 9.69 Å². The van der Waals surface area contributed by atoms with Crippen molar-refractivity contribution in [2.75, 3.05) is 6.54 Å². The second-order valence-electron chi connectivity index (χ2n) is 3.09. The van der Waals surface area contributed by atoms with Gasteiger partial charge in [0.25, 0.3) is 0 Å². The first-order valence-electron chi connectivity index (χ1n) is 4.36. The van der Waals surface area contributed by atoms with E-state index in [9.17, 15) is 9.59 Å². The Labute approximate surface area is 91.0 Å². The van der Waals surface area contributed by atoms with Gasteiger partial charge in [-0.1, -0.05) is 17.7 Å². The number of carbonyl (C=O) groups excluding carboxylic acids is 2. The molecule has 0 unspecified atom stereocenters. The Bertz CT molecular complexity index is 406. The number of nitrogens with zero attached hydrogens (tertiary/aromatic N) is 2. The summed E-state index contributed by atoms with van der Waals surface area (Å²) in [5.41, 5.74) is 0.591. The van der Waals surface area contributed by atoms with Crippen molar-refractivity contribution in [1.82, 2.24) is 15.2 Å². The molecular weight excluding hydrogens is 218 g/mol. The monoisotopic (exact) mass is 225 g/mol. The molecule has 6 heteroatoms. The number of halogens is 1. The summed E-state index contributed by atoms with van der Waals surface area (Å²) in [6.07, 6.45) is 0. The summed E-state index contributed by atoms with van der Waals surface area (Å²) < 4.78 is 0. The molecular formula is C9H8ClN3O2. The lowest BCUT2D eigenvalue weighted by Gasteiger charge is -2.11. The number of carbonyl (C=O) groups is 2. The van der Waals surface area contributed by atoms with Gasteiger partial charge in [-0.2, -0.15) is 0 Å². The van der Waals surface area contributed by atoms with Gasteiger partial charge in [-0.15, -0.1) is 0 Å². The molecule has 1 fully saturated rings. The first kappa shape index (κ1) is 9.92. The highest BCUT2D eigenvalue weighted by molar-refractivity contribution is 6.29. The predicted molar refractivity (Wildman–Crippen MR) is 53.2 cm³/mol. The molecule has 0 aromatic carbocycles. The minimum absolute atomic E-state index is 0.0550. The number of hydrogen-bond donors (Lipinski definition) is 1.